The number of carbonyl (C=O) groups is 1. The van der Waals surface area contributed by atoms with E-state index < -0.39 is 0 Å². The molecule has 2 aromatic heterocycles. The van der Waals surface area contributed by atoms with Crippen LogP contribution in [0.25, 0.3) is 0 Å². The molecule has 3 heterocycles. The summed E-state index contributed by atoms with van der Waals surface area (Å²) in [4.78, 5) is 16.4. The second kappa shape index (κ2) is 8.05. The number of hydrogen-bond donors (Lipinski definition) is 0. The fraction of sp³-hybridized carbons (Fsp3) is 0.550. The van der Waals surface area contributed by atoms with Crippen molar-refractivity contribution in [3.05, 3.63) is 38.8 Å². The highest BCUT2D eigenvalue weighted by atomic mass is 32.1. The number of aromatic nitrogens is 2. The summed E-state index contributed by atoms with van der Waals surface area (Å²) < 4.78 is 1.89. The van der Waals surface area contributed by atoms with E-state index in [4.69, 9.17) is 5.26 Å². The normalized spacial score (nSPS) is 16.4. The lowest BCUT2D eigenvalue weighted by molar-refractivity contribution is -0.134. The Balaban J connectivity index is 1.68. The Bertz CT molecular complexity index is 829. The maximum absolute atomic E-state index is 12.9. The van der Waals surface area contributed by atoms with Gasteiger partial charge in [0.1, 0.15) is 0 Å². The maximum Gasteiger partial charge on any atom is 0.223 e. The zero-order valence-corrected chi connectivity index (χ0v) is 16.6. The molecule has 0 spiro atoms. The number of thiophene rings is 1. The van der Waals surface area contributed by atoms with E-state index in [1.165, 1.54) is 10.4 Å². The van der Waals surface area contributed by atoms with Gasteiger partial charge in [0, 0.05) is 23.5 Å². The van der Waals surface area contributed by atoms with E-state index >= 15 is 0 Å². The average Bonchev–Trinajstić information content (AvgIpc) is 3.22. The molecule has 1 aliphatic heterocycles. The molecule has 0 unspecified atom stereocenters. The van der Waals surface area contributed by atoms with E-state index in [0.717, 1.165) is 36.3 Å². The number of nitrogens with zero attached hydrogens (tertiary/aromatic N) is 4. The quantitative estimate of drug-likeness (QED) is 0.774. The van der Waals surface area contributed by atoms with Crippen LogP contribution in [0, 0.1) is 25.2 Å². The lowest BCUT2D eigenvalue weighted by Crippen LogP contribution is -2.39. The van der Waals surface area contributed by atoms with Crippen molar-refractivity contribution < 1.29 is 4.79 Å². The molecule has 6 heteroatoms. The number of amides is 1. The third-order valence-corrected chi connectivity index (χ3v) is 6.35. The zero-order valence-electron chi connectivity index (χ0n) is 15.8. The van der Waals surface area contributed by atoms with Crippen LogP contribution in [0.1, 0.15) is 59.6 Å². The van der Waals surface area contributed by atoms with Crippen LogP contribution >= 0.6 is 11.3 Å². The van der Waals surface area contributed by atoms with Crippen LogP contribution < -0.4 is 0 Å². The fourth-order valence-corrected chi connectivity index (χ4v) is 4.91. The molecule has 1 aliphatic rings. The number of rotatable bonds is 6. The first-order valence-corrected chi connectivity index (χ1v) is 10.2. The van der Waals surface area contributed by atoms with Crippen LogP contribution in [-0.2, 0) is 24.2 Å². The highest BCUT2D eigenvalue weighted by Gasteiger charge is 2.30. The molecule has 3 rings (SSSR count). The van der Waals surface area contributed by atoms with Gasteiger partial charge in [0.05, 0.1) is 30.8 Å². The van der Waals surface area contributed by atoms with Gasteiger partial charge in [-0.25, -0.2) is 0 Å². The first-order chi connectivity index (χ1) is 12.6. The summed E-state index contributed by atoms with van der Waals surface area (Å²) in [7, 11) is 0. The SMILES string of the molecule is CC[C@H]1c2ccsc2CCN1C(=O)CCc1c(C)nn(CCC#N)c1C. The van der Waals surface area contributed by atoms with Crippen LogP contribution in [0.2, 0.25) is 0 Å². The summed E-state index contributed by atoms with van der Waals surface area (Å²) in [6.45, 7) is 7.62. The smallest absolute Gasteiger partial charge is 0.223 e. The van der Waals surface area contributed by atoms with Crippen molar-refractivity contribution in [1.82, 2.24) is 14.7 Å². The summed E-state index contributed by atoms with van der Waals surface area (Å²) >= 11 is 1.81. The van der Waals surface area contributed by atoms with E-state index in [9.17, 15) is 4.79 Å². The Kier molecular flexibility index (Phi) is 5.77. The first kappa shape index (κ1) is 18.7. The summed E-state index contributed by atoms with van der Waals surface area (Å²) in [5.74, 6) is 0.234. The van der Waals surface area contributed by atoms with Crippen molar-refractivity contribution in [2.45, 2.75) is 65.5 Å². The van der Waals surface area contributed by atoms with Gasteiger partial charge < -0.3 is 4.90 Å². The molecule has 0 fully saturated rings. The van der Waals surface area contributed by atoms with Crippen molar-refractivity contribution in [3.63, 3.8) is 0 Å². The molecule has 1 atom stereocenters. The van der Waals surface area contributed by atoms with Gasteiger partial charge in [0.25, 0.3) is 0 Å². The summed E-state index contributed by atoms with van der Waals surface area (Å²) in [5.41, 5.74) is 4.54. The highest BCUT2D eigenvalue weighted by molar-refractivity contribution is 7.10. The van der Waals surface area contributed by atoms with Gasteiger partial charge in [0.15, 0.2) is 0 Å². The van der Waals surface area contributed by atoms with Crippen molar-refractivity contribution in [1.29, 1.82) is 5.26 Å². The molecule has 0 bridgehead atoms. The lowest BCUT2D eigenvalue weighted by Gasteiger charge is -2.35. The predicted molar refractivity (Wildman–Crippen MR) is 103 cm³/mol. The number of fused-ring (bicyclic) bond motifs is 1. The van der Waals surface area contributed by atoms with Crippen LogP contribution in [0.4, 0.5) is 0 Å². The second-order valence-corrected chi connectivity index (χ2v) is 7.84. The Morgan fingerprint density at radius 3 is 3.00 bits per heavy atom. The van der Waals surface area contributed by atoms with Crippen molar-refractivity contribution >= 4 is 17.2 Å². The standard InChI is InChI=1S/C20H26N4OS/c1-4-18-17-9-13-26-19(17)8-12-23(18)20(25)7-6-16-14(2)22-24(15(16)3)11-5-10-21/h9,13,18H,4-8,11-12H2,1-3H3/t18-/m0/s1. The molecule has 5 nitrogen and oxygen atoms in total. The molecule has 0 saturated heterocycles. The van der Waals surface area contributed by atoms with E-state index in [0.29, 0.717) is 25.8 Å². The van der Waals surface area contributed by atoms with Gasteiger partial charge in [-0.3, -0.25) is 9.48 Å². The highest BCUT2D eigenvalue weighted by Crippen LogP contribution is 2.35. The monoisotopic (exact) mass is 370 g/mol. The van der Waals surface area contributed by atoms with E-state index in [2.05, 4.69) is 34.4 Å². The molecular formula is C20H26N4OS. The van der Waals surface area contributed by atoms with E-state index in [1.54, 1.807) is 0 Å². The van der Waals surface area contributed by atoms with Gasteiger partial charge in [-0.2, -0.15) is 10.4 Å². The molecule has 0 aliphatic carbocycles. The topological polar surface area (TPSA) is 61.9 Å². The lowest BCUT2D eigenvalue weighted by atomic mass is 9.97. The molecule has 138 valence electrons. The minimum atomic E-state index is 0.220. The predicted octanol–water partition coefficient (Wildman–Crippen LogP) is 3.94. The largest absolute Gasteiger partial charge is 0.335 e. The number of carbonyl (C=O) groups excluding carboxylic acids is 1. The molecule has 2 aromatic rings. The Labute approximate surface area is 159 Å². The van der Waals surface area contributed by atoms with Crippen molar-refractivity contribution in [3.8, 4) is 6.07 Å². The summed E-state index contributed by atoms with van der Waals surface area (Å²) in [6.07, 6.45) is 3.61. The van der Waals surface area contributed by atoms with Gasteiger partial charge >= 0.3 is 0 Å². The van der Waals surface area contributed by atoms with E-state index in [1.807, 2.05) is 29.9 Å². The van der Waals surface area contributed by atoms with Crippen LogP contribution in [0.5, 0.6) is 0 Å². The summed E-state index contributed by atoms with van der Waals surface area (Å²) in [5, 5.41) is 15.5. The molecule has 0 N–H and O–H groups in total. The molecule has 0 aromatic carbocycles. The molecule has 0 saturated carbocycles. The van der Waals surface area contributed by atoms with Gasteiger partial charge in [-0.1, -0.05) is 6.92 Å². The Hall–Kier alpha value is -2.13. The first-order valence-electron chi connectivity index (χ1n) is 9.32. The third kappa shape index (κ3) is 3.54. The van der Waals surface area contributed by atoms with Gasteiger partial charge in [-0.15, -0.1) is 11.3 Å². The van der Waals surface area contributed by atoms with Crippen LogP contribution in [0.15, 0.2) is 11.4 Å². The van der Waals surface area contributed by atoms with Crippen LogP contribution in [0.3, 0.4) is 0 Å². The molecular weight excluding hydrogens is 344 g/mol. The maximum atomic E-state index is 12.9. The molecule has 26 heavy (non-hydrogen) atoms. The Morgan fingerprint density at radius 2 is 2.27 bits per heavy atom. The fourth-order valence-electron chi connectivity index (χ4n) is 3.98. The Morgan fingerprint density at radius 1 is 1.46 bits per heavy atom. The minimum absolute atomic E-state index is 0.220. The van der Waals surface area contributed by atoms with Gasteiger partial charge in [0.2, 0.25) is 5.91 Å². The van der Waals surface area contributed by atoms with Crippen molar-refractivity contribution in [2.75, 3.05) is 6.54 Å². The number of nitriles is 1. The number of hydrogen-bond acceptors (Lipinski definition) is 4. The molecule has 1 amide bonds. The van der Waals surface area contributed by atoms with E-state index in [-0.39, 0.29) is 11.9 Å². The summed E-state index contributed by atoms with van der Waals surface area (Å²) in [6, 6.07) is 4.56. The van der Waals surface area contributed by atoms with Crippen LogP contribution in [-0.4, -0.2) is 27.1 Å². The number of aryl methyl sites for hydroxylation is 2. The second-order valence-electron chi connectivity index (χ2n) is 6.84. The zero-order chi connectivity index (χ0) is 18.7. The third-order valence-electron chi connectivity index (χ3n) is 5.36. The van der Waals surface area contributed by atoms with Crippen molar-refractivity contribution in [2.24, 2.45) is 0 Å². The van der Waals surface area contributed by atoms with Gasteiger partial charge in [-0.05, 0) is 55.7 Å². The average molecular weight is 371 g/mol. The molecule has 0 radical (unpaired) electrons. The minimum Gasteiger partial charge on any atom is -0.335 e.